The van der Waals surface area contributed by atoms with Gasteiger partial charge in [0.25, 0.3) is 0 Å². The minimum absolute atomic E-state index is 0.125. The van der Waals surface area contributed by atoms with Gasteiger partial charge in [0.05, 0.1) is 17.4 Å². The molecular formula is C14H17Cl2N3. The van der Waals surface area contributed by atoms with E-state index in [9.17, 15) is 0 Å². The van der Waals surface area contributed by atoms with E-state index in [4.69, 9.17) is 28.9 Å². The van der Waals surface area contributed by atoms with Crippen LogP contribution >= 0.6 is 23.2 Å². The van der Waals surface area contributed by atoms with Crippen molar-refractivity contribution in [1.29, 1.82) is 0 Å². The van der Waals surface area contributed by atoms with Crippen LogP contribution in [-0.4, -0.2) is 9.78 Å². The minimum Gasteiger partial charge on any atom is -0.322 e. The predicted octanol–water partition coefficient (Wildman–Crippen LogP) is 3.76. The molecule has 0 aliphatic rings. The minimum atomic E-state index is -0.125. The summed E-state index contributed by atoms with van der Waals surface area (Å²) < 4.78 is 1.93. The zero-order chi connectivity index (χ0) is 14.0. The van der Waals surface area contributed by atoms with Crippen LogP contribution in [0.5, 0.6) is 0 Å². The highest BCUT2D eigenvalue weighted by Gasteiger charge is 2.15. The molecule has 2 N–H and O–H groups in total. The molecule has 1 aromatic carbocycles. The van der Waals surface area contributed by atoms with Crippen LogP contribution in [-0.2, 0) is 13.0 Å². The van der Waals surface area contributed by atoms with Gasteiger partial charge in [0.2, 0.25) is 0 Å². The van der Waals surface area contributed by atoms with Crippen molar-refractivity contribution in [3.63, 3.8) is 0 Å². The van der Waals surface area contributed by atoms with Crippen LogP contribution in [0, 0.1) is 6.92 Å². The molecule has 1 unspecified atom stereocenters. The molecule has 2 aromatic rings. The first-order valence-electron chi connectivity index (χ1n) is 6.25. The van der Waals surface area contributed by atoms with Crippen LogP contribution < -0.4 is 5.73 Å². The summed E-state index contributed by atoms with van der Waals surface area (Å²) in [6.07, 6.45) is 0.668. The number of halogens is 2. The van der Waals surface area contributed by atoms with Crippen LogP contribution in [0.15, 0.2) is 24.3 Å². The molecule has 5 heteroatoms. The SMILES string of the molecule is CCn1nc(C)cc1C(N)Cc1ccc(Cl)cc1Cl. The smallest absolute Gasteiger partial charge is 0.0597 e. The molecule has 1 atom stereocenters. The molecule has 0 aliphatic carbocycles. The van der Waals surface area contributed by atoms with E-state index in [0.717, 1.165) is 23.5 Å². The summed E-state index contributed by atoms with van der Waals surface area (Å²) >= 11 is 12.1. The summed E-state index contributed by atoms with van der Waals surface area (Å²) in [6.45, 7) is 4.83. The lowest BCUT2D eigenvalue weighted by Crippen LogP contribution is -2.18. The van der Waals surface area contributed by atoms with E-state index in [-0.39, 0.29) is 6.04 Å². The van der Waals surface area contributed by atoms with Gasteiger partial charge in [-0.3, -0.25) is 4.68 Å². The van der Waals surface area contributed by atoms with Crippen molar-refractivity contribution < 1.29 is 0 Å². The lowest BCUT2D eigenvalue weighted by Gasteiger charge is -2.14. The standard InChI is InChI=1S/C14H17Cl2N3/c1-3-19-14(6-9(2)18-19)13(17)7-10-4-5-11(15)8-12(10)16/h4-6,8,13H,3,7,17H2,1-2H3. The largest absolute Gasteiger partial charge is 0.322 e. The van der Waals surface area contributed by atoms with Gasteiger partial charge in [-0.2, -0.15) is 5.10 Å². The third kappa shape index (κ3) is 3.30. The first-order valence-corrected chi connectivity index (χ1v) is 7.00. The Bertz CT molecular complexity index is 578. The number of hydrogen-bond donors (Lipinski definition) is 1. The van der Waals surface area contributed by atoms with Crippen LogP contribution in [0.1, 0.15) is 29.9 Å². The van der Waals surface area contributed by atoms with Crippen LogP contribution in [0.2, 0.25) is 10.0 Å². The number of aromatic nitrogens is 2. The summed E-state index contributed by atoms with van der Waals surface area (Å²) in [5.41, 5.74) is 9.29. The Hall–Kier alpha value is -1.03. The molecule has 3 nitrogen and oxygen atoms in total. The molecule has 0 radical (unpaired) electrons. The van der Waals surface area contributed by atoms with E-state index >= 15 is 0 Å². The van der Waals surface area contributed by atoms with Gasteiger partial charge in [0.15, 0.2) is 0 Å². The number of nitrogens with two attached hydrogens (primary N) is 1. The Morgan fingerprint density at radius 3 is 2.68 bits per heavy atom. The Labute approximate surface area is 123 Å². The quantitative estimate of drug-likeness (QED) is 0.934. The second kappa shape index (κ2) is 5.95. The third-order valence-electron chi connectivity index (χ3n) is 3.07. The topological polar surface area (TPSA) is 43.8 Å². The summed E-state index contributed by atoms with van der Waals surface area (Å²) in [4.78, 5) is 0. The van der Waals surface area contributed by atoms with Crippen LogP contribution in [0.3, 0.4) is 0 Å². The van der Waals surface area contributed by atoms with Gasteiger partial charge in [0, 0.05) is 16.6 Å². The molecule has 0 spiro atoms. The Morgan fingerprint density at radius 1 is 1.32 bits per heavy atom. The van der Waals surface area contributed by atoms with Crippen molar-refractivity contribution >= 4 is 23.2 Å². The normalized spacial score (nSPS) is 12.7. The Morgan fingerprint density at radius 2 is 2.05 bits per heavy atom. The van der Waals surface area contributed by atoms with Crippen LogP contribution in [0.4, 0.5) is 0 Å². The first-order chi connectivity index (χ1) is 9.01. The average Bonchev–Trinajstić information content (AvgIpc) is 2.74. The van der Waals surface area contributed by atoms with Gasteiger partial charge in [-0.05, 0) is 44.0 Å². The highest BCUT2D eigenvalue weighted by Crippen LogP contribution is 2.25. The predicted molar refractivity (Wildman–Crippen MR) is 79.7 cm³/mol. The van der Waals surface area contributed by atoms with Crippen molar-refractivity contribution in [3.8, 4) is 0 Å². The highest BCUT2D eigenvalue weighted by molar-refractivity contribution is 6.35. The van der Waals surface area contributed by atoms with Crippen LogP contribution in [0.25, 0.3) is 0 Å². The molecule has 102 valence electrons. The van der Waals surface area contributed by atoms with Gasteiger partial charge in [-0.25, -0.2) is 0 Å². The lowest BCUT2D eigenvalue weighted by molar-refractivity contribution is 0.566. The molecule has 19 heavy (non-hydrogen) atoms. The highest BCUT2D eigenvalue weighted by atomic mass is 35.5. The number of hydrogen-bond acceptors (Lipinski definition) is 2. The van der Waals surface area contributed by atoms with Crippen molar-refractivity contribution in [2.45, 2.75) is 32.9 Å². The average molecular weight is 298 g/mol. The molecule has 0 bridgehead atoms. The van der Waals surface area contributed by atoms with Gasteiger partial charge in [-0.15, -0.1) is 0 Å². The molecule has 0 amide bonds. The van der Waals surface area contributed by atoms with E-state index in [1.807, 2.05) is 29.8 Å². The molecule has 2 rings (SSSR count). The van der Waals surface area contributed by atoms with Crippen molar-refractivity contribution in [2.24, 2.45) is 5.73 Å². The molecular weight excluding hydrogens is 281 g/mol. The molecule has 1 heterocycles. The number of nitrogens with zero attached hydrogens (tertiary/aromatic N) is 2. The second-order valence-corrected chi connectivity index (χ2v) is 5.42. The van der Waals surface area contributed by atoms with E-state index in [0.29, 0.717) is 16.5 Å². The fraction of sp³-hybridized carbons (Fsp3) is 0.357. The van der Waals surface area contributed by atoms with Gasteiger partial charge < -0.3 is 5.73 Å². The fourth-order valence-corrected chi connectivity index (χ4v) is 2.63. The zero-order valence-corrected chi connectivity index (χ0v) is 12.5. The number of rotatable bonds is 4. The van der Waals surface area contributed by atoms with Gasteiger partial charge >= 0.3 is 0 Å². The maximum Gasteiger partial charge on any atom is 0.0597 e. The zero-order valence-electron chi connectivity index (χ0n) is 11.0. The van der Waals surface area contributed by atoms with Crippen molar-refractivity contribution in [1.82, 2.24) is 9.78 Å². The summed E-state index contributed by atoms with van der Waals surface area (Å²) in [5.74, 6) is 0. The number of benzene rings is 1. The van der Waals surface area contributed by atoms with E-state index in [1.165, 1.54) is 0 Å². The monoisotopic (exact) mass is 297 g/mol. The second-order valence-electron chi connectivity index (χ2n) is 4.57. The molecule has 0 aliphatic heterocycles. The first kappa shape index (κ1) is 14.4. The molecule has 0 saturated heterocycles. The number of aryl methyl sites for hydroxylation is 2. The summed E-state index contributed by atoms with van der Waals surface area (Å²) in [5, 5.41) is 5.70. The van der Waals surface area contributed by atoms with Gasteiger partial charge in [0.1, 0.15) is 0 Å². The Kier molecular flexibility index (Phi) is 4.50. The lowest BCUT2D eigenvalue weighted by atomic mass is 10.0. The van der Waals surface area contributed by atoms with E-state index < -0.39 is 0 Å². The van der Waals surface area contributed by atoms with Crippen molar-refractivity contribution in [3.05, 3.63) is 51.3 Å². The molecule has 0 fully saturated rings. The van der Waals surface area contributed by atoms with E-state index in [2.05, 4.69) is 12.0 Å². The van der Waals surface area contributed by atoms with E-state index in [1.54, 1.807) is 6.07 Å². The van der Waals surface area contributed by atoms with Gasteiger partial charge in [-0.1, -0.05) is 29.3 Å². The Balaban J connectivity index is 2.22. The molecule has 1 aromatic heterocycles. The summed E-state index contributed by atoms with van der Waals surface area (Å²) in [6, 6.07) is 7.40. The molecule has 0 saturated carbocycles. The van der Waals surface area contributed by atoms with Crippen molar-refractivity contribution in [2.75, 3.05) is 0 Å². The third-order valence-corrected chi connectivity index (χ3v) is 3.65. The summed E-state index contributed by atoms with van der Waals surface area (Å²) in [7, 11) is 0. The fourth-order valence-electron chi connectivity index (χ4n) is 2.15. The maximum atomic E-state index is 6.27. The maximum absolute atomic E-state index is 6.27.